The van der Waals surface area contributed by atoms with Gasteiger partial charge in [0.05, 0.1) is 12.0 Å². The van der Waals surface area contributed by atoms with Gasteiger partial charge in [-0.2, -0.15) is 8.78 Å². The highest BCUT2D eigenvalue weighted by Crippen LogP contribution is 2.37. The number of nitrogens with zero attached hydrogens (tertiary/aromatic N) is 1. The lowest BCUT2D eigenvalue weighted by Crippen LogP contribution is -2.43. The Morgan fingerprint density at radius 1 is 1.08 bits per heavy atom. The number of aromatic nitrogens is 1. The molecule has 0 aliphatic heterocycles. The summed E-state index contributed by atoms with van der Waals surface area (Å²) in [7, 11) is 2.88. The lowest BCUT2D eigenvalue weighted by atomic mass is 9.90. The maximum Gasteiger partial charge on any atom is 0.310 e. The van der Waals surface area contributed by atoms with E-state index in [1.807, 2.05) is 18.2 Å². The molecule has 0 fully saturated rings. The average molecular weight is 535 g/mol. The summed E-state index contributed by atoms with van der Waals surface area (Å²) in [5.74, 6) is 0. The number of H-pyrrole nitrogens is 1. The Hall–Kier alpha value is -3.81. The minimum atomic E-state index is -3.25. The Kier molecular flexibility index (Phi) is 8.09. The molecule has 3 N–H and O–H groups in total. The first kappa shape index (κ1) is 27.2. The second-order valence-corrected chi connectivity index (χ2v) is 9.61. The fourth-order valence-electron chi connectivity index (χ4n) is 4.59. The Bertz CT molecular complexity index is 1520. The van der Waals surface area contributed by atoms with Gasteiger partial charge in [0.1, 0.15) is 0 Å². The van der Waals surface area contributed by atoms with Gasteiger partial charge in [-0.1, -0.05) is 78.8 Å². The minimum absolute atomic E-state index is 0.0501. The zero-order valence-electron chi connectivity index (χ0n) is 21.2. The molecule has 0 spiro atoms. The third-order valence-electron chi connectivity index (χ3n) is 6.70. The standard InChI is InChI=1S/C30H29ClF2N4O/c1-19(35-2)18-30(32,33)37(3)26(20-9-5-4-6-10-20)17-24(34)28-27(21-13-15-22(31)16-14-21)23-11-7-8-12-25(23)36-29(28)38/h4-16,26,34-35H,1,17-18H2,2-3H3,(H,36,38). The number of benzene rings is 3. The third kappa shape index (κ3) is 5.69. The van der Waals surface area contributed by atoms with Crippen LogP contribution in [0.2, 0.25) is 5.02 Å². The number of hydrogen-bond donors (Lipinski definition) is 3. The van der Waals surface area contributed by atoms with E-state index >= 15 is 8.78 Å². The highest BCUT2D eigenvalue weighted by molar-refractivity contribution is 6.30. The molecule has 0 aliphatic rings. The van der Waals surface area contributed by atoms with Crippen LogP contribution >= 0.6 is 11.6 Å². The maximum atomic E-state index is 15.4. The molecule has 8 heteroatoms. The fraction of sp³-hybridized carbons (Fsp3) is 0.200. The largest absolute Gasteiger partial charge is 0.392 e. The molecule has 196 valence electrons. The van der Waals surface area contributed by atoms with Crippen molar-refractivity contribution in [3.63, 3.8) is 0 Å². The van der Waals surface area contributed by atoms with Gasteiger partial charge in [-0.05, 0) is 36.4 Å². The Morgan fingerprint density at radius 2 is 1.71 bits per heavy atom. The van der Waals surface area contributed by atoms with Gasteiger partial charge in [0, 0.05) is 52.4 Å². The normalized spacial score (nSPS) is 12.5. The van der Waals surface area contributed by atoms with Crippen LogP contribution in [0, 0.1) is 5.41 Å². The molecule has 5 nitrogen and oxygen atoms in total. The van der Waals surface area contributed by atoms with Crippen LogP contribution < -0.4 is 10.9 Å². The maximum absolute atomic E-state index is 15.4. The molecule has 1 aromatic heterocycles. The lowest BCUT2D eigenvalue weighted by molar-refractivity contribution is -0.151. The first-order valence-electron chi connectivity index (χ1n) is 12.1. The highest BCUT2D eigenvalue weighted by atomic mass is 35.5. The summed E-state index contributed by atoms with van der Waals surface area (Å²) in [5.41, 5.74) is 2.33. The van der Waals surface area contributed by atoms with Crippen LogP contribution in [-0.4, -0.2) is 35.7 Å². The summed E-state index contributed by atoms with van der Waals surface area (Å²) in [6, 6.07) is 19.1. The number of para-hydroxylation sites is 1. The van der Waals surface area contributed by atoms with E-state index in [1.54, 1.807) is 67.7 Å². The molecular weight excluding hydrogens is 506 g/mol. The Morgan fingerprint density at radius 3 is 2.37 bits per heavy atom. The van der Waals surface area contributed by atoms with Crippen LogP contribution in [0.3, 0.4) is 0 Å². The second kappa shape index (κ2) is 11.3. The lowest BCUT2D eigenvalue weighted by Gasteiger charge is -2.35. The van der Waals surface area contributed by atoms with Crippen LogP contribution in [0.25, 0.3) is 22.0 Å². The predicted molar refractivity (Wildman–Crippen MR) is 151 cm³/mol. The van der Waals surface area contributed by atoms with Gasteiger partial charge in [0.2, 0.25) is 0 Å². The summed E-state index contributed by atoms with van der Waals surface area (Å²) in [6.07, 6.45) is -0.715. The zero-order valence-corrected chi connectivity index (χ0v) is 21.9. The van der Waals surface area contributed by atoms with Crippen molar-refractivity contribution < 1.29 is 8.78 Å². The molecule has 0 saturated carbocycles. The van der Waals surface area contributed by atoms with Crippen molar-refractivity contribution in [2.45, 2.75) is 24.9 Å². The van der Waals surface area contributed by atoms with Crippen molar-refractivity contribution >= 4 is 28.2 Å². The summed E-state index contributed by atoms with van der Waals surface area (Å²) < 4.78 is 30.8. The summed E-state index contributed by atoms with van der Waals surface area (Å²) in [6.45, 7) is 3.66. The van der Waals surface area contributed by atoms with Crippen molar-refractivity contribution in [1.82, 2.24) is 15.2 Å². The number of fused-ring (bicyclic) bond motifs is 1. The molecule has 4 rings (SSSR count). The van der Waals surface area contributed by atoms with Crippen LogP contribution in [-0.2, 0) is 0 Å². The summed E-state index contributed by atoms with van der Waals surface area (Å²) in [4.78, 5) is 17.2. The first-order chi connectivity index (χ1) is 18.1. The van der Waals surface area contributed by atoms with E-state index in [9.17, 15) is 4.79 Å². The SMILES string of the molecule is C=C(CC(F)(F)N(C)C(CC(=N)c1c(-c2ccc(Cl)cc2)c2ccccc2[nH]c1=O)c1ccccc1)NC. The fourth-order valence-corrected chi connectivity index (χ4v) is 4.72. The van der Waals surface area contributed by atoms with Crippen molar-refractivity contribution in [2.75, 3.05) is 14.1 Å². The van der Waals surface area contributed by atoms with Gasteiger partial charge < -0.3 is 15.7 Å². The van der Waals surface area contributed by atoms with Crippen LogP contribution in [0.15, 0.2) is 95.9 Å². The van der Waals surface area contributed by atoms with Gasteiger partial charge in [-0.3, -0.25) is 4.79 Å². The minimum Gasteiger partial charge on any atom is -0.392 e. The summed E-state index contributed by atoms with van der Waals surface area (Å²) >= 11 is 6.11. The number of aromatic amines is 1. The van der Waals surface area contributed by atoms with E-state index in [0.717, 1.165) is 10.3 Å². The van der Waals surface area contributed by atoms with Crippen LogP contribution in [0.5, 0.6) is 0 Å². The molecule has 3 aromatic carbocycles. The van der Waals surface area contributed by atoms with Crippen LogP contribution in [0.4, 0.5) is 8.78 Å². The second-order valence-electron chi connectivity index (χ2n) is 9.17. The third-order valence-corrected chi connectivity index (χ3v) is 6.95. The summed E-state index contributed by atoms with van der Waals surface area (Å²) in [5, 5.41) is 13.0. The zero-order chi connectivity index (χ0) is 27.4. The van der Waals surface area contributed by atoms with Gasteiger partial charge in [-0.25, -0.2) is 4.90 Å². The predicted octanol–water partition coefficient (Wildman–Crippen LogP) is 7.00. The Balaban J connectivity index is 1.83. The van der Waals surface area contributed by atoms with E-state index in [2.05, 4.69) is 16.9 Å². The molecule has 1 atom stereocenters. The van der Waals surface area contributed by atoms with Gasteiger partial charge in [0.25, 0.3) is 5.56 Å². The van der Waals surface area contributed by atoms with Gasteiger partial charge in [0.15, 0.2) is 0 Å². The molecule has 0 bridgehead atoms. The van der Waals surface area contributed by atoms with E-state index in [-0.39, 0.29) is 23.4 Å². The number of halogens is 3. The first-order valence-corrected chi connectivity index (χ1v) is 12.5. The molecule has 1 heterocycles. The molecule has 1 unspecified atom stereocenters. The van der Waals surface area contributed by atoms with Crippen molar-refractivity contribution in [3.8, 4) is 11.1 Å². The molecule has 4 aromatic rings. The highest BCUT2D eigenvalue weighted by Gasteiger charge is 2.40. The Labute approximate surface area is 225 Å². The van der Waals surface area contributed by atoms with Crippen molar-refractivity contribution in [2.24, 2.45) is 0 Å². The molecule has 0 aliphatic carbocycles. The molecule has 0 saturated heterocycles. The molecule has 0 amide bonds. The monoisotopic (exact) mass is 534 g/mol. The quantitative estimate of drug-likeness (QED) is 0.151. The van der Waals surface area contributed by atoms with Crippen molar-refractivity contribution in [3.05, 3.63) is 118 Å². The molecular formula is C30H29ClF2N4O. The van der Waals surface area contributed by atoms with Gasteiger partial charge in [-0.15, -0.1) is 0 Å². The van der Waals surface area contributed by atoms with Crippen molar-refractivity contribution in [1.29, 1.82) is 5.41 Å². The number of nitrogens with one attached hydrogen (secondary N) is 3. The molecule has 0 radical (unpaired) electrons. The topological polar surface area (TPSA) is 72.0 Å². The average Bonchev–Trinajstić information content (AvgIpc) is 2.91. The number of pyridine rings is 1. The number of alkyl halides is 2. The molecule has 38 heavy (non-hydrogen) atoms. The van der Waals surface area contributed by atoms with Crippen LogP contribution in [0.1, 0.15) is 30.0 Å². The van der Waals surface area contributed by atoms with Gasteiger partial charge >= 0.3 is 6.05 Å². The number of rotatable bonds is 10. The van der Waals surface area contributed by atoms with E-state index in [1.165, 1.54) is 7.05 Å². The number of hydrogen-bond acceptors (Lipinski definition) is 4. The van der Waals surface area contributed by atoms with E-state index in [0.29, 0.717) is 27.2 Å². The smallest absolute Gasteiger partial charge is 0.310 e. The van der Waals surface area contributed by atoms with E-state index in [4.69, 9.17) is 17.0 Å². The van der Waals surface area contributed by atoms with E-state index < -0.39 is 24.1 Å².